The standard InChI is InChI=1S/C25H20ClFN2O3/c1-16-10-12-18(13-11-16)29-23(30)14-22(25(29)32)28(15-17-6-2-4-8-20(17)26)24(31)19-7-3-5-9-21(19)27/h2-13,22H,14-15H2,1H3. The molecule has 162 valence electrons. The molecule has 1 aliphatic rings. The molecular weight excluding hydrogens is 431 g/mol. The van der Waals surface area contributed by atoms with Gasteiger partial charge in [-0.3, -0.25) is 14.4 Å². The van der Waals surface area contributed by atoms with E-state index in [1.54, 1.807) is 54.6 Å². The predicted molar refractivity (Wildman–Crippen MR) is 120 cm³/mol. The molecule has 3 aromatic carbocycles. The van der Waals surface area contributed by atoms with E-state index < -0.39 is 29.6 Å². The second-order valence-corrected chi connectivity index (χ2v) is 8.03. The van der Waals surface area contributed by atoms with Crippen LogP contribution in [0, 0.1) is 12.7 Å². The Bertz CT molecular complexity index is 1200. The molecule has 5 nitrogen and oxygen atoms in total. The Hall–Kier alpha value is -3.51. The van der Waals surface area contributed by atoms with Gasteiger partial charge >= 0.3 is 0 Å². The number of nitrogens with zero attached hydrogens (tertiary/aromatic N) is 2. The summed E-state index contributed by atoms with van der Waals surface area (Å²) in [4.78, 5) is 41.8. The van der Waals surface area contributed by atoms with Gasteiger partial charge in [0.2, 0.25) is 5.91 Å². The van der Waals surface area contributed by atoms with Crippen LogP contribution in [0.5, 0.6) is 0 Å². The van der Waals surface area contributed by atoms with E-state index in [0.29, 0.717) is 16.3 Å². The molecule has 0 N–H and O–H groups in total. The van der Waals surface area contributed by atoms with Crippen LogP contribution in [0.1, 0.15) is 27.9 Å². The van der Waals surface area contributed by atoms with Crippen molar-refractivity contribution in [3.05, 3.63) is 100 Å². The van der Waals surface area contributed by atoms with Crippen molar-refractivity contribution < 1.29 is 18.8 Å². The van der Waals surface area contributed by atoms with Crippen LogP contribution >= 0.6 is 11.6 Å². The van der Waals surface area contributed by atoms with Gasteiger partial charge in [-0.25, -0.2) is 9.29 Å². The lowest BCUT2D eigenvalue weighted by atomic mass is 10.1. The normalized spacial score (nSPS) is 15.8. The molecule has 0 bridgehead atoms. The Labute approximate surface area is 190 Å². The van der Waals surface area contributed by atoms with Crippen LogP contribution in [-0.4, -0.2) is 28.7 Å². The van der Waals surface area contributed by atoms with Crippen LogP contribution in [0.15, 0.2) is 72.8 Å². The molecule has 7 heteroatoms. The predicted octanol–water partition coefficient (Wildman–Crippen LogP) is 4.76. The minimum absolute atomic E-state index is 0.0434. The number of anilines is 1. The smallest absolute Gasteiger partial charge is 0.257 e. The zero-order chi connectivity index (χ0) is 22.8. The molecule has 3 aromatic rings. The lowest BCUT2D eigenvalue weighted by molar-refractivity contribution is -0.122. The molecule has 1 heterocycles. The number of benzene rings is 3. The van der Waals surface area contributed by atoms with Crippen molar-refractivity contribution in [1.82, 2.24) is 4.90 Å². The van der Waals surface area contributed by atoms with Gasteiger partial charge in [0.15, 0.2) is 0 Å². The van der Waals surface area contributed by atoms with Crippen molar-refractivity contribution in [2.45, 2.75) is 25.9 Å². The third-order valence-electron chi connectivity index (χ3n) is 5.45. The molecule has 1 aliphatic heterocycles. The van der Waals surface area contributed by atoms with Gasteiger partial charge in [-0.05, 0) is 42.8 Å². The average Bonchev–Trinajstić information content (AvgIpc) is 3.07. The van der Waals surface area contributed by atoms with Crippen LogP contribution in [0.25, 0.3) is 0 Å². The number of amides is 3. The van der Waals surface area contributed by atoms with Gasteiger partial charge in [-0.15, -0.1) is 0 Å². The molecule has 0 saturated carbocycles. The zero-order valence-electron chi connectivity index (χ0n) is 17.3. The molecule has 4 rings (SSSR count). The van der Waals surface area contributed by atoms with Crippen molar-refractivity contribution >= 4 is 35.0 Å². The third-order valence-corrected chi connectivity index (χ3v) is 5.82. The first-order valence-corrected chi connectivity index (χ1v) is 10.5. The number of hydrogen-bond donors (Lipinski definition) is 0. The molecule has 1 atom stereocenters. The Morgan fingerprint density at radius 2 is 1.69 bits per heavy atom. The highest BCUT2D eigenvalue weighted by molar-refractivity contribution is 6.31. The molecule has 0 spiro atoms. The highest BCUT2D eigenvalue weighted by atomic mass is 35.5. The molecule has 32 heavy (non-hydrogen) atoms. The summed E-state index contributed by atoms with van der Waals surface area (Å²) in [5.74, 6) is -2.33. The molecule has 0 aliphatic carbocycles. The van der Waals surface area contributed by atoms with Crippen molar-refractivity contribution in [2.24, 2.45) is 0 Å². The van der Waals surface area contributed by atoms with Gasteiger partial charge in [0.05, 0.1) is 17.7 Å². The van der Waals surface area contributed by atoms with Crippen molar-refractivity contribution in [3.63, 3.8) is 0 Å². The van der Waals surface area contributed by atoms with Gasteiger partial charge < -0.3 is 4.90 Å². The van der Waals surface area contributed by atoms with Crippen LogP contribution in [0.2, 0.25) is 5.02 Å². The minimum Gasteiger partial charge on any atom is -0.322 e. The molecule has 0 radical (unpaired) electrons. The SMILES string of the molecule is Cc1ccc(N2C(=O)CC(N(Cc3ccccc3Cl)C(=O)c3ccccc3F)C2=O)cc1. The lowest BCUT2D eigenvalue weighted by Gasteiger charge is -2.28. The first-order chi connectivity index (χ1) is 15.4. The first kappa shape index (κ1) is 21.7. The van der Waals surface area contributed by atoms with Crippen LogP contribution in [-0.2, 0) is 16.1 Å². The van der Waals surface area contributed by atoms with Crippen LogP contribution in [0.4, 0.5) is 10.1 Å². The van der Waals surface area contributed by atoms with E-state index in [-0.39, 0.29) is 18.5 Å². The number of carbonyl (C=O) groups is 3. The van der Waals surface area contributed by atoms with E-state index in [1.807, 2.05) is 6.92 Å². The third kappa shape index (κ3) is 4.14. The first-order valence-electron chi connectivity index (χ1n) is 10.1. The molecule has 3 amide bonds. The zero-order valence-corrected chi connectivity index (χ0v) is 18.1. The Morgan fingerprint density at radius 1 is 1.03 bits per heavy atom. The van der Waals surface area contributed by atoms with E-state index >= 15 is 0 Å². The molecule has 1 saturated heterocycles. The van der Waals surface area contributed by atoms with Crippen molar-refractivity contribution in [3.8, 4) is 0 Å². The maximum absolute atomic E-state index is 14.4. The largest absolute Gasteiger partial charge is 0.322 e. The van der Waals surface area contributed by atoms with Crippen molar-refractivity contribution in [1.29, 1.82) is 0 Å². The van der Waals surface area contributed by atoms with Gasteiger partial charge in [-0.1, -0.05) is 59.6 Å². The summed E-state index contributed by atoms with van der Waals surface area (Å²) >= 11 is 6.29. The van der Waals surface area contributed by atoms with Crippen LogP contribution < -0.4 is 4.90 Å². The van der Waals surface area contributed by atoms with Gasteiger partial charge in [-0.2, -0.15) is 0 Å². The van der Waals surface area contributed by atoms with E-state index in [0.717, 1.165) is 10.5 Å². The van der Waals surface area contributed by atoms with E-state index in [1.165, 1.54) is 23.1 Å². The van der Waals surface area contributed by atoms with Gasteiger partial charge in [0, 0.05) is 11.6 Å². The summed E-state index contributed by atoms with van der Waals surface area (Å²) in [7, 11) is 0. The number of imide groups is 1. The number of halogens is 2. The van der Waals surface area contributed by atoms with E-state index in [4.69, 9.17) is 11.6 Å². The fraction of sp³-hybridized carbons (Fsp3) is 0.160. The average molecular weight is 451 g/mol. The second kappa shape index (κ2) is 8.93. The number of hydrogen-bond acceptors (Lipinski definition) is 3. The number of aryl methyl sites for hydroxylation is 1. The van der Waals surface area contributed by atoms with E-state index in [2.05, 4.69) is 0 Å². The summed E-state index contributed by atoms with van der Waals surface area (Å²) in [6, 6.07) is 18.4. The molecule has 1 unspecified atom stereocenters. The highest BCUT2D eigenvalue weighted by Crippen LogP contribution is 2.29. The van der Waals surface area contributed by atoms with Gasteiger partial charge in [0.1, 0.15) is 11.9 Å². The summed E-state index contributed by atoms with van der Waals surface area (Å²) < 4.78 is 14.4. The summed E-state index contributed by atoms with van der Waals surface area (Å²) in [5, 5.41) is 0.408. The summed E-state index contributed by atoms with van der Waals surface area (Å²) in [6.07, 6.45) is -0.197. The van der Waals surface area contributed by atoms with Crippen molar-refractivity contribution in [2.75, 3.05) is 4.90 Å². The minimum atomic E-state index is -1.08. The monoisotopic (exact) mass is 450 g/mol. The van der Waals surface area contributed by atoms with E-state index in [9.17, 15) is 18.8 Å². The highest BCUT2D eigenvalue weighted by Gasteiger charge is 2.45. The van der Waals surface area contributed by atoms with Gasteiger partial charge in [0.25, 0.3) is 11.8 Å². The maximum Gasteiger partial charge on any atom is 0.257 e. The number of carbonyl (C=O) groups excluding carboxylic acids is 3. The molecule has 1 fully saturated rings. The van der Waals surface area contributed by atoms with Crippen LogP contribution in [0.3, 0.4) is 0 Å². The number of rotatable bonds is 5. The topological polar surface area (TPSA) is 57.7 Å². The second-order valence-electron chi connectivity index (χ2n) is 7.63. The summed E-state index contributed by atoms with van der Waals surface area (Å²) in [6.45, 7) is 1.86. The maximum atomic E-state index is 14.4. The lowest BCUT2D eigenvalue weighted by Crippen LogP contribution is -2.45. The Morgan fingerprint density at radius 3 is 2.38 bits per heavy atom. The fourth-order valence-corrected chi connectivity index (χ4v) is 3.94. The molecular formula is C25H20ClFN2O3. The quantitative estimate of drug-likeness (QED) is 0.526. The summed E-state index contributed by atoms with van der Waals surface area (Å²) in [5.41, 5.74) is 1.84. The molecule has 0 aromatic heterocycles. The Kier molecular flexibility index (Phi) is 6.06. The Balaban J connectivity index is 1.72. The fourth-order valence-electron chi connectivity index (χ4n) is 3.75.